The number of nitrogens with zero attached hydrogens (tertiary/aromatic N) is 4. The molecule has 0 bridgehead atoms. The first-order valence-electron chi connectivity index (χ1n) is 5.17. The molecule has 7 nitrogen and oxygen atoms in total. The Morgan fingerprint density at radius 1 is 1.50 bits per heavy atom. The highest BCUT2D eigenvalue weighted by atomic mass is 35.5. The van der Waals surface area contributed by atoms with Crippen molar-refractivity contribution in [2.24, 2.45) is 5.73 Å². The van der Waals surface area contributed by atoms with E-state index in [0.717, 1.165) is 5.69 Å². The van der Waals surface area contributed by atoms with Crippen molar-refractivity contribution in [3.8, 4) is 5.69 Å². The first kappa shape index (κ1) is 12.5. The molecule has 0 saturated carbocycles. The van der Waals surface area contributed by atoms with Crippen molar-refractivity contribution in [3.05, 3.63) is 45.2 Å². The Labute approximate surface area is 107 Å². The second-order valence-corrected chi connectivity index (χ2v) is 3.99. The van der Waals surface area contributed by atoms with Crippen LogP contribution in [0.5, 0.6) is 0 Å². The maximum atomic E-state index is 10.6. The molecule has 0 aliphatic carbocycles. The van der Waals surface area contributed by atoms with Crippen molar-refractivity contribution < 1.29 is 4.92 Å². The highest BCUT2D eigenvalue weighted by Gasteiger charge is 2.13. The maximum absolute atomic E-state index is 10.6. The first-order chi connectivity index (χ1) is 8.61. The lowest BCUT2D eigenvalue weighted by Gasteiger charge is -2.01. The maximum Gasteiger partial charge on any atom is 0.288 e. The van der Waals surface area contributed by atoms with Gasteiger partial charge < -0.3 is 5.73 Å². The van der Waals surface area contributed by atoms with Crippen LogP contribution in [0.2, 0.25) is 5.02 Å². The average Bonchev–Trinajstić information content (AvgIpc) is 2.77. The van der Waals surface area contributed by atoms with E-state index in [0.29, 0.717) is 18.7 Å². The number of halogens is 1. The predicted molar refractivity (Wildman–Crippen MR) is 65.8 cm³/mol. The number of rotatable bonds is 4. The van der Waals surface area contributed by atoms with Crippen LogP contribution in [0.15, 0.2) is 24.4 Å². The van der Waals surface area contributed by atoms with Crippen LogP contribution < -0.4 is 5.73 Å². The summed E-state index contributed by atoms with van der Waals surface area (Å²) in [5, 5.41) is 18.5. The standard InChI is InChI=1S/C10H10ClN5O2/c11-9-5-8(1-2-10(9)16(17)18)15-6-7(3-4-12)13-14-15/h1-2,5-6H,3-4,12H2. The third-order valence-electron chi connectivity index (χ3n) is 2.33. The number of nitro groups is 1. The van der Waals surface area contributed by atoms with E-state index >= 15 is 0 Å². The van der Waals surface area contributed by atoms with Crippen molar-refractivity contribution in [2.45, 2.75) is 6.42 Å². The number of hydrogen-bond donors (Lipinski definition) is 1. The van der Waals surface area contributed by atoms with E-state index < -0.39 is 4.92 Å². The predicted octanol–water partition coefficient (Wildman–Crippen LogP) is 1.33. The Kier molecular flexibility index (Phi) is 3.54. The topological polar surface area (TPSA) is 99.9 Å². The van der Waals surface area contributed by atoms with E-state index in [1.165, 1.54) is 16.8 Å². The van der Waals surface area contributed by atoms with Crippen LogP contribution in [0.4, 0.5) is 5.69 Å². The molecule has 0 atom stereocenters. The third kappa shape index (κ3) is 2.47. The van der Waals surface area contributed by atoms with Crippen molar-refractivity contribution >= 4 is 17.3 Å². The van der Waals surface area contributed by atoms with Crippen LogP contribution in [-0.4, -0.2) is 26.5 Å². The fourth-order valence-electron chi connectivity index (χ4n) is 1.47. The lowest BCUT2D eigenvalue weighted by atomic mass is 10.3. The van der Waals surface area contributed by atoms with E-state index in [9.17, 15) is 10.1 Å². The van der Waals surface area contributed by atoms with Gasteiger partial charge >= 0.3 is 0 Å². The van der Waals surface area contributed by atoms with E-state index in [-0.39, 0.29) is 10.7 Å². The molecule has 0 saturated heterocycles. The summed E-state index contributed by atoms with van der Waals surface area (Å²) < 4.78 is 1.50. The molecule has 0 radical (unpaired) electrons. The summed E-state index contributed by atoms with van der Waals surface area (Å²) in [7, 11) is 0. The smallest absolute Gasteiger partial charge is 0.288 e. The van der Waals surface area contributed by atoms with Crippen LogP contribution in [0.3, 0.4) is 0 Å². The molecule has 0 fully saturated rings. The Bertz CT molecular complexity index is 583. The molecule has 0 aliphatic rings. The molecule has 94 valence electrons. The van der Waals surface area contributed by atoms with Gasteiger partial charge in [-0.05, 0) is 18.7 Å². The molecular weight excluding hydrogens is 258 g/mol. The Morgan fingerprint density at radius 2 is 2.28 bits per heavy atom. The second-order valence-electron chi connectivity index (χ2n) is 3.59. The molecular formula is C10H10ClN5O2. The van der Waals surface area contributed by atoms with Gasteiger partial charge in [0.05, 0.1) is 22.5 Å². The molecule has 0 unspecified atom stereocenters. The van der Waals surface area contributed by atoms with Gasteiger partial charge in [0.15, 0.2) is 0 Å². The minimum Gasteiger partial charge on any atom is -0.330 e. The fraction of sp³-hybridized carbons (Fsp3) is 0.200. The number of benzene rings is 1. The molecule has 1 aromatic carbocycles. The van der Waals surface area contributed by atoms with Crippen LogP contribution in [0, 0.1) is 10.1 Å². The molecule has 1 aromatic heterocycles. The highest BCUT2D eigenvalue weighted by Crippen LogP contribution is 2.26. The zero-order chi connectivity index (χ0) is 13.1. The summed E-state index contributed by atoms with van der Waals surface area (Å²) in [6.45, 7) is 0.486. The van der Waals surface area contributed by atoms with Gasteiger partial charge in [-0.1, -0.05) is 16.8 Å². The van der Waals surface area contributed by atoms with Gasteiger partial charge in [0.1, 0.15) is 5.02 Å². The minimum atomic E-state index is -0.534. The van der Waals surface area contributed by atoms with Gasteiger partial charge in [0.2, 0.25) is 0 Å². The molecule has 2 rings (SSSR count). The SMILES string of the molecule is NCCc1cn(-c2ccc([N+](=O)[O-])c(Cl)c2)nn1. The zero-order valence-electron chi connectivity index (χ0n) is 9.28. The van der Waals surface area contributed by atoms with Crippen molar-refractivity contribution in [3.63, 3.8) is 0 Å². The van der Waals surface area contributed by atoms with Gasteiger partial charge in [-0.3, -0.25) is 10.1 Å². The molecule has 0 spiro atoms. The van der Waals surface area contributed by atoms with Gasteiger partial charge in [-0.25, -0.2) is 4.68 Å². The largest absolute Gasteiger partial charge is 0.330 e. The van der Waals surface area contributed by atoms with E-state index in [2.05, 4.69) is 10.3 Å². The molecule has 8 heteroatoms. The summed E-state index contributed by atoms with van der Waals surface area (Å²) >= 11 is 5.82. The van der Waals surface area contributed by atoms with E-state index in [1.807, 2.05) is 0 Å². The van der Waals surface area contributed by atoms with Crippen molar-refractivity contribution in [1.29, 1.82) is 0 Å². The fourth-order valence-corrected chi connectivity index (χ4v) is 1.72. The van der Waals surface area contributed by atoms with Gasteiger partial charge in [0, 0.05) is 12.5 Å². The van der Waals surface area contributed by atoms with E-state index in [1.54, 1.807) is 12.3 Å². The Morgan fingerprint density at radius 3 is 2.89 bits per heavy atom. The normalized spacial score (nSPS) is 10.6. The molecule has 18 heavy (non-hydrogen) atoms. The van der Waals surface area contributed by atoms with Gasteiger partial charge in [-0.15, -0.1) is 5.10 Å². The van der Waals surface area contributed by atoms with Crippen LogP contribution >= 0.6 is 11.6 Å². The van der Waals surface area contributed by atoms with Crippen molar-refractivity contribution in [2.75, 3.05) is 6.54 Å². The molecule has 2 N–H and O–H groups in total. The summed E-state index contributed by atoms with van der Waals surface area (Å²) in [5.74, 6) is 0. The lowest BCUT2D eigenvalue weighted by molar-refractivity contribution is -0.384. The summed E-state index contributed by atoms with van der Waals surface area (Å²) in [4.78, 5) is 10.1. The third-order valence-corrected chi connectivity index (χ3v) is 2.64. The van der Waals surface area contributed by atoms with E-state index in [4.69, 9.17) is 17.3 Å². The first-order valence-corrected chi connectivity index (χ1v) is 5.55. The molecule has 2 aromatic rings. The Balaban J connectivity index is 2.33. The lowest BCUT2D eigenvalue weighted by Crippen LogP contribution is -2.02. The number of nitrogens with two attached hydrogens (primary N) is 1. The van der Waals surface area contributed by atoms with Crippen LogP contribution in [-0.2, 0) is 6.42 Å². The van der Waals surface area contributed by atoms with Crippen LogP contribution in [0.1, 0.15) is 5.69 Å². The number of hydrogen-bond acceptors (Lipinski definition) is 5. The second kappa shape index (κ2) is 5.11. The monoisotopic (exact) mass is 267 g/mol. The summed E-state index contributed by atoms with van der Waals surface area (Å²) in [6, 6.07) is 4.37. The average molecular weight is 268 g/mol. The zero-order valence-corrected chi connectivity index (χ0v) is 10.0. The Hall–Kier alpha value is -1.99. The number of aromatic nitrogens is 3. The quantitative estimate of drug-likeness (QED) is 0.665. The van der Waals surface area contributed by atoms with Crippen molar-refractivity contribution in [1.82, 2.24) is 15.0 Å². The number of nitro benzene ring substituents is 1. The molecule has 0 aliphatic heterocycles. The summed E-state index contributed by atoms with van der Waals surface area (Å²) in [6.07, 6.45) is 2.34. The highest BCUT2D eigenvalue weighted by molar-refractivity contribution is 6.32. The van der Waals surface area contributed by atoms with Gasteiger partial charge in [0.25, 0.3) is 5.69 Å². The molecule has 1 heterocycles. The van der Waals surface area contributed by atoms with Gasteiger partial charge in [-0.2, -0.15) is 0 Å². The summed E-state index contributed by atoms with van der Waals surface area (Å²) in [5.41, 5.74) is 6.65. The minimum absolute atomic E-state index is 0.0633. The van der Waals surface area contributed by atoms with Crippen LogP contribution in [0.25, 0.3) is 5.69 Å². The molecule has 0 amide bonds.